The number of rotatable bonds is 6. The van der Waals surface area contributed by atoms with Gasteiger partial charge in [0.25, 0.3) is 5.91 Å². The maximum Gasteiger partial charge on any atom is 0.320 e. The number of nitrogens with one attached hydrogen (secondary N) is 3. The van der Waals surface area contributed by atoms with Gasteiger partial charge in [0.05, 0.1) is 5.69 Å². The van der Waals surface area contributed by atoms with Gasteiger partial charge in [-0.2, -0.15) is 0 Å². The van der Waals surface area contributed by atoms with Crippen molar-refractivity contribution in [2.75, 3.05) is 28.7 Å². The van der Waals surface area contributed by atoms with E-state index in [4.69, 9.17) is 0 Å². The molecule has 2 fully saturated rings. The van der Waals surface area contributed by atoms with Crippen LogP contribution < -0.4 is 20.9 Å². The molecule has 2 aliphatic rings. The first-order valence-electron chi connectivity index (χ1n) is 11.0. The number of carbonyl (C=O) groups excluding carboxylic acids is 3. The number of halogens is 1. The second-order valence-electron chi connectivity index (χ2n) is 8.62. The average molecular weight is 455 g/mol. The molecule has 4 amide bonds. The van der Waals surface area contributed by atoms with Crippen molar-refractivity contribution in [2.45, 2.75) is 38.1 Å². The molecule has 4 rings (SSSR count). The summed E-state index contributed by atoms with van der Waals surface area (Å²) < 4.78 is 14.8. The van der Waals surface area contributed by atoms with Gasteiger partial charge in [0.15, 0.2) is 0 Å². The Hall–Kier alpha value is -3.46. The van der Waals surface area contributed by atoms with Crippen LogP contribution in [0.5, 0.6) is 0 Å². The van der Waals surface area contributed by atoms with Crippen LogP contribution in [0.15, 0.2) is 42.5 Å². The number of benzene rings is 2. The molecular formula is C24H27FN4O4. The van der Waals surface area contributed by atoms with Gasteiger partial charge in [-0.1, -0.05) is 17.7 Å². The van der Waals surface area contributed by atoms with Crippen LogP contribution in [0.3, 0.4) is 0 Å². The van der Waals surface area contributed by atoms with Crippen molar-refractivity contribution in [1.82, 2.24) is 5.32 Å². The minimum absolute atomic E-state index is 0.0519. The van der Waals surface area contributed by atoms with E-state index in [1.807, 2.05) is 19.1 Å². The molecule has 2 aromatic carbocycles. The summed E-state index contributed by atoms with van der Waals surface area (Å²) in [6.07, 6.45) is 2.35. The molecule has 0 aromatic heterocycles. The van der Waals surface area contributed by atoms with Crippen LogP contribution in [0.4, 0.5) is 26.2 Å². The lowest BCUT2D eigenvalue weighted by Gasteiger charge is -2.27. The van der Waals surface area contributed by atoms with Gasteiger partial charge in [0.1, 0.15) is 11.4 Å². The van der Waals surface area contributed by atoms with Crippen LogP contribution in [0, 0.1) is 18.7 Å². The smallest absolute Gasteiger partial charge is 0.320 e. The fourth-order valence-corrected chi connectivity index (χ4v) is 4.13. The van der Waals surface area contributed by atoms with Gasteiger partial charge in [0, 0.05) is 36.9 Å². The number of piperidine rings is 1. The van der Waals surface area contributed by atoms with Crippen molar-refractivity contribution in [1.29, 1.82) is 0 Å². The first-order valence-corrected chi connectivity index (χ1v) is 11.0. The highest BCUT2D eigenvalue weighted by Gasteiger charge is 2.61. The Labute approximate surface area is 191 Å². The maximum absolute atomic E-state index is 14.8. The van der Waals surface area contributed by atoms with E-state index in [1.54, 1.807) is 23.1 Å². The topological polar surface area (TPSA) is 111 Å². The number of hydrogen-bond acceptors (Lipinski definition) is 4. The number of nitrogens with zero attached hydrogens (tertiary/aromatic N) is 1. The highest BCUT2D eigenvalue weighted by Crippen LogP contribution is 2.44. The molecule has 2 atom stereocenters. The van der Waals surface area contributed by atoms with Crippen LogP contribution in [-0.2, 0) is 9.59 Å². The molecule has 0 bridgehead atoms. The molecule has 1 aliphatic carbocycles. The minimum atomic E-state index is -1.34. The molecule has 9 heteroatoms. The van der Waals surface area contributed by atoms with E-state index in [-0.39, 0.29) is 24.6 Å². The number of urea groups is 1. The Balaban J connectivity index is 1.44. The van der Waals surface area contributed by atoms with E-state index in [9.17, 15) is 23.9 Å². The summed E-state index contributed by atoms with van der Waals surface area (Å²) in [4.78, 5) is 39.1. The summed E-state index contributed by atoms with van der Waals surface area (Å²) in [5.74, 6) is -1.82. The lowest BCUT2D eigenvalue weighted by atomic mass is 10.1. The molecule has 1 saturated carbocycles. The van der Waals surface area contributed by atoms with E-state index in [0.717, 1.165) is 18.4 Å². The summed E-state index contributed by atoms with van der Waals surface area (Å²) in [6, 6.07) is 10.8. The highest BCUT2D eigenvalue weighted by atomic mass is 19.1. The molecule has 0 unspecified atom stereocenters. The number of aryl methyl sites for hydroxylation is 1. The summed E-state index contributed by atoms with van der Waals surface area (Å²) in [5, 5.41) is 17.4. The number of amides is 4. The first kappa shape index (κ1) is 22.7. The predicted molar refractivity (Wildman–Crippen MR) is 122 cm³/mol. The van der Waals surface area contributed by atoms with Crippen LogP contribution in [-0.4, -0.2) is 41.6 Å². The Morgan fingerprint density at radius 2 is 1.91 bits per heavy atom. The van der Waals surface area contributed by atoms with Crippen LogP contribution >= 0.6 is 0 Å². The van der Waals surface area contributed by atoms with E-state index >= 15 is 0 Å². The third kappa shape index (κ3) is 4.83. The Morgan fingerprint density at radius 3 is 2.55 bits per heavy atom. The second-order valence-corrected chi connectivity index (χ2v) is 8.62. The van der Waals surface area contributed by atoms with E-state index in [0.29, 0.717) is 24.3 Å². The molecule has 33 heavy (non-hydrogen) atoms. The number of anilines is 3. The highest BCUT2D eigenvalue weighted by molar-refractivity contribution is 6.05. The van der Waals surface area contributed by atoms with Gasteiger partial charge < -0.3 is 26.0 Å². The standard InChI is InChI=1S/C24H27FN4O4/c1-15-5-7-17(8-6-15)26-23(33)28-24(13-16(24)14-30)22(32)27-20-10-9-18(12-19(20)25)29-11-3-2-4-21(29)31/h5-10,12,16,30H,2-4,11,13-14H2,1H3,(H,27,32)(H2,26,28,33)/t16-,24-/m1/s1. The van der Waals surface area contributed by atoms with Crippen LogP contribution in [0.2, 0.25) is 0 Å². The summed E-state index contributed by atoms with van der Waals surface area (Å²) in [6.45, 7) is 2.16. The Bertz CT molecular complexity index is 1070. The van der Waals surface area contributed by atoms with Crippen molar-refractivity contribution in [2.24, 2.45) is 5.92 Å². The van der Waals surface area contributed by atoms with E-state index in [2.05, 4.69) is 16.0 Å². The summed E-state index contributed by atoms with van der Waals surface area (Å²) >= 11 is 0. The molecule has 4 N–H and O–H groups in total. The lowest BCUT2D eigenvalue weighted by Crippen LogP contribution is -2.49. The fraction of sp³-hybridized carbons (Fsp3) is 0.375. The maximum atomic E-state index is 14.8. The number of carbonyl (C=O) groups is 3. The second kappa shape index (κ2) is 9.19. The Kier molecular flexibility index (Phi) is 6.33. The van der Waals surface area contributed by atoms with E-state index in [1.165, 1.54) is 12.1 Å². The molecule has 2 aromatic rings. The van der Waals surface area contributed by atoms with Gasteiger partial charge in [-0.3, -0.25) is 9.59 Å². The molecular weight excluding hydrogens is 427 g/mol. The molecule has 174 valence electrons. The largest absolute Gasteiger partial charge is 0.396 e. The molecule has 1 aliphatic heterocycles. The van der Waals surface area contributed by atoms with Gasteiger partial charge in [-0.25, -0.2) is 9.18 Å². The van der Waals surface area contributed by atoms with Gasteiger partial charge >= 0.3 is 6.03 Å². The fourth-order valence-electron chi connectivity index (χ4n) is 4.13. The van der Waals surface area contributed by atoms with Gasteiger partial charge in [0.2, 0.25) is 5.91 Å². The zero-order valence-corrected chi connectivity index (χ0v) is 18.4. The summed E-state index contributed by atoms with van der Waals surface area (Å²) in [7, 11) is 0. The zero-order chi connectivity index (χ0) is 23.6. The quantitative estimate of drug-likeness (QED) is 0.537. The third-order valence-corrected chi connectivity index (χ3v) is 6.21. The average Bonchev–Trinajstić information content (AvgIpc) is 3.51. The summed E-state index contributed by atoms with van der Waals surface area (Å²) in [5.41, 5.74) is 0.648. The number of hydrogen-bond donors (Lipinski definition) is 4. The molecule has 0 spiro atoms. The van der Waals surface area contributed by atoms with Crippen molar-refractivity contribution >= 4 is 34.9 Å². The Morgan fingerprint density at radius 1 is 1.15 bits per heavy atom. The first-order chi connectivity index (χ1) is 15.8. The number of aliphatic hydroxyl groups excluding tert-OH is 1. The van der Waals surface area contributed by atoms with Gasteiger partial charge in [-0.15, -0.1) is 0 Å². The zero-order valence-electron chi connectivity index (χ0n) is 18.4. The number of aliphatic hydroxyl groups is 1. The van der Waals surface area contributed by atoms with Crippen molar-refractivity contribution in [3.63, 3.8) is 0 Å². The van der Waals surface area contributed by atoms with Crippen LogP contribution in [0.25, 0.3) is 0 Å². The molecule has 1 heterocycles. The predicted octanol–water partition coefficient (Wildman–Crippen LogP) is 3.16. The SMILES string of the molecule is Cc1ccc(NC(=O)N[C@]2(C(=O)Nc3ccc(N4CCCCC4=O)cc3F)C[C@@H]2CO)cc1. The van der Waals surface area contributed by atoms with Crippen molar-refractivity contribution in [3.8, 4) is 0 Å². The molecule has 0 radical (unpaired) electrons. The lowest BCUT2D eigenvalue weighted by molar-refractivity contribution is -0.120. The van der Waals surface area contributed by atoms with E-state index < -0.39 is 29.2 Å². The molecule has 1 saturated heterocycles. The third-order valence-electron chi connectivity index (χ3n) is 6.21. The minimum Gasteiger partial charge on any atom is -0.396 e. The van der Waals surface area contributed by atoms with Gasteiger partial charge in [-0.05, 0) is 56.5 Å². The normalized spacial score (nSPS) is 22.0. The molecule has 8 nitrogen and oxygen atoms in total. The van der Waals surface area contributed by atoms with Crippen molar-refractivity contribution in [3.05, 3.63) is 53.8 Å². The van der Waals surface area contributed by atoms with Crippen molar-refractivity contribution < 1.29 is 23.9 Å². The monoisotopic (exact) mass is 454 g/mol. The van der Waals surface area contributed by atoms with Crippen LogP contribution in [0.1, 0.15) is 31.2 Å².